The number of hydrogen-bond acceptors (Lipinski definition) is 7. The molecule has 29 heavy (non-hydrogen) atoms. The number of hydrogen-bond donors (Lipinski definition) is 3. The molecule has 11 heteroatoms. The van der Waals surface area contributed by atoms with Crippen LogP contribution in [0.25, 0.3) is 5.00 Å². The van der Waals surface area contributed by atoms with Gasteiger partial charge >= 0.3 is 11.9 Å². The molecule has 0 bridgehead atoms. The minimum Gasteiger partial charge on any atom is -0.475 e. The summed E-state index contributed by atoms with van der Waals surface area (Å²) >= 11 is 1.40. The molecule has 10 nitrogen and oxygen atoms in total. The van der Waals surface area contributed by atoms with Crippen LogP contribution in [0.2, 0.25) is 0 Å². The van der Waals surface area contributed by atoms with Crippen LogP contribution >= 0.6 is 11.3 Å². The third kappa shape index (κ3) is 4.19. The van der Waals surface area contributed by atoms with Gasteiger partial charge in [-0.25, -0.2) is 14.6 Å². The van der Waals surface area contributed by atoms with Gasteiger partial charge in [-0.2, -0.15) is 0 Å². The Hall–Kier alpha value is -3.08. The Balaban J connectivity index is 1.59. The van der Waals surface area contributed by atoms with Crippen molar-refractivity contribution in [3.05, 3.63) is 40.3 Å². The maximum Gasteiger partial charge on any atom is 0.375 e. The molecule has 0 unspecified atom stereocenters. The second kappa shape index (κ2) is 8.11. The van der Waals surface area contributed by atoms with Crippen LogP contribution in [0.4, 0.5) is 0 Å². The van der Waals surface area contributed by atoms with Crippen molar-refractivity contribution >= 4 is 23.3 Å². The van der Waals surface area contributed by atoms with Crippen molar-refractivity contribution in [2.24, 2.45) is 5.92 Å². The van der Waals surface area contributed by atoms with Crippen LogP contribution in [0.5, 0.6) is 0 Å². The average Bonchev–Trinajstić information content (AvgIpc) is 3.42. The Morgan fingerprint density at radius 3 is 2.62 bits per heavy atom. The largest absolute Gasteiger partial charge is 0.475 e. The van der Waals surface area contributed by atoms with Gasteiger partial charge in [0.15, 0.2) is 0 Å². The summed E-state index contributed by atoms with van der Waals surface area (Å²) < 4.78 is 1.62. The number of aromatic nitrogens is 6. The number of nitrogens with zero attached hydrogens (tertiary/aromatic N) is 5. The predicted octanol–water partition coefficient (Wildman–Crippen LogP) is 2.56. The summed E-state index contributed by atoms with van der Waals surface area (Å²) in [4.78, 5) is 27.4. The van der Waals surface area contributed by atoms with Crippen LogP contribution in [0.3, 0.4) is 0 Å². The summed E-state index contributed by atoms with van der Waals surface area (Å²) in [6, 6.07) is 3.69. The number of H-pyrrole nitrogens is 1. The van der Waals surface area contributed by atoms with E-state index < -0.39 is 11.9 Å². The van der Waals surface area contributed by atoms with Crippen LogP contribution in [-0.2, 0) is 12.8 Å². The van der Waals surface area contributed by atoms with Crippen molar-refractivity contribution in [1.82, 2.24) is 29.9 Å². The van der Waals surface area contributed by atoms with E-state index >= 15 is 0 Å². The normalized spacial score (nSPS) is 14.9. The van der Waals surface area contributed by atoms with E-state index in [0.29, 0.717) is 35.4 Å². The van der Waals surface area contributed by atoms with E-state index in [0.717, 1.165) is 17.7 Å². The fourth-order valence-electron chi connectivity index (χ4n) is 3.69. The third-order valence-electron chi connectivity index (χ3n) is 5.05. The van der Waals surface area contributed by atoms with Gasteiger partial charge in [0.25, 0.3) is 5.82 Å². The number of carboxylic acid groups (broad SMARTS) is 2. The van der Waals surface area contributed by atoms with E-state index in [1.54, 1.807) is 4.57 Å². The first-order valence-corrected chi connectivity index (χ1v) is 10.2. The number of aromatic amines is 1. The predicted molar refractivity (Wildman–Crippen MR) is 103 cm³/mol. The highest BCUT2D eigenvalue weighted by Crippen LogP contribution is 2.29. The number of aromatic carboxylic acids is 2. The highest BCUT2D eigenvalue weighted by atomic mass is 32.1. The lowest BCUT2D eigenvalue weighted by atomic mass is 9.87. The van der Waals surface area contributed by atoms with Gasteiger partial charge in [0.1, 0.15) is 16.6 Å². The van der Waals surface area contributed by atoms with Gasteiger partial charge in [-0.1, -0.05) is 32.1 Å². The number of carbonyl (C=O) groups is 2. The van der Waals surface area contributed by atoms with Gasteiger partial charge < -0.3 is 10.2 Å². The lowest BCUT2D eigenvalue weighted by Crippen LogP contribution is -2.14. The molecule has 0 radical (unpaired) electrons. The Morgan fingerprint density at radius 2 is 1.93 bits per heavy atom. The van der Waals surface area contributed by atoms with Crippen LogP contribution < -0.4 is 0 Å². The fraction of sp³-hybridized carbons (Fsp3) is 0.444. The first-order chi connectivity index (χ1) is 14.0. The van der Waals surface area contributed by atoms with Gasteiger partial charge in [-0.3, -0.25) is 9.67 Å². The Kier molecular flexibility index (Phi) is 5.38. The molecule has 4 rings (SSSR count). The molecule has 3 aromatic rings. The van der Waals surface area contributed by atoms with Crippen molar-refractivity contribution in [1.29, 1.82) is 0 Å². The lowest BCUT2D eigenvalue weighted by molar-refractivity contribution is 0.0671. The molecule has 1 aliphatic carbocycles. The number of nitrogens with one attached hydrogen (secondary N) is 1. The Morgan fingerprint density at radius 1 is 1.14 bits per heavy atom. The van der Waals surface area contributed by atoms with E-state index in [-0.39, 0.29) is 11.6 Å². The van der Waals surface area contributed by atoms with Crippen molar-refractivity contribution in [2.45, 2.75) is 44.9 Å². The molecule has 152 valence electrons. The summed E-state index contributed by atoms with van der Waals surface area (Å²) in [6.07, 6.45) is 6.98. The van der Waals surface area contributed by atoms with Gasteiger partial charge in [-0.15, -0.1) is 26.6 Å². The summed E-state index contributed by atoms with van der Waals surface area (Å²) in [5.74, 6) is -1.10. The third-order valence-corrected chi connectivity index (χ3v) is 6.12. The summed E-state index contributed by atoms with van der Waals surface area (Å²) in [6.45, 7) is 0. The second-order valence-electron chi connectivity index (χ2n) is 7.12. The first kappa shape index (κ1) is 19.2. The second-order valence-corrected chi connectivity index (χ2v) is 8.26. The quantitative estimate of drug-likeness (QED) is 0.532. The summed E-state index contributed by atoms with van der Waals surface area (Å²) in [7, 11) is 0. The van der Waals surface area contributed by atoms with E-state index in [1.165, 1.54) is 30.6 Å². The van der Waals surface area contributed by atoms with Crippen molar-refractivity contribution in [3.8, 4) is 5.00 Å². The first-order valence-electron chi connectivity index (χ1n) is 9.42. The van der Waals surface area contributed by atoms with Gasteiger partial charge in [0.2, 0.25) is 5.82 Å². The molecule has 0 aliphatic heterocycles. The van der Waals surface area contributed by atoms with Crippen molar-refractivity contribution in [2.75, 3.05) is 0 Å². The van der Waals surface area contributed by atoms with E-state index in [4.69, 9.17) is 5.11 Å². The Labute approximate surface area is 169 Å². The standard InChI is InChI=1S/C18H20N6O4S/c25-17(26)15-19-12(20-22-15)9-11-6-7-14(29-11)24-13(21-23-16(24)18(27)28)8-10-4-2-1-3-5-10/h6-7,10H,1-5,8-9H2,(H,25,26)(H,27,28)(H,19,20,22). The topological polar surface area (TPSA) is 147 Å². The van der Waals surface area contributed by atoms with E-state index in [1.807, 2.05) is 12.1 Å². The maximum atomic E-state index is 11.7. The van der Waals surface area contributed by atoms with E-state index in [2.05, 4.69) is 25.4 Å². The molecule has 0 saturated heterocycles. The number of thiophene rings is 1. The maximum absolute atomic E-state index is 11.7. The minimum atomic E-state index is -1.19. The zero-order chi connectivity index (χ0) is 20.4. The smallest absolute Gasteiger partial charge is 0.375 e. The lowest BCUT2D eigenvalue weighted by Gasteiger charge is -2.21. The van der Waals surface area contributed by atoms with Crippen LogP contribution in [0.15, 0.2) is 12.1 Å². The average molecular weight is 416 g/mol. The molecule has 0 spiro atoms. The highest BCUT2D eigenvalue weighted by Gasteiger charge is 2.24. The number of rotatable bonds is 7. The molecule has 1 aliphatic rings. The van der Waals surface area contributed by atoms with Crippen LogP contribution in [-0.4, -0.2) is 52.1 Å². The zero-order valence-electron chi connectivity index (χ0n) is 15.5. The Bertz CT molecular complexity index is 1030. The molecule has 0 atom stereocenters. The highest BCUT2D eigenvalue weighted by molar-refractivity contribution is 7.14. The van der Waals surface area contributed by atoms with Crippen molar-refractivity contribution in [3.63, 3.8) is 0 Å². The van der Waals surface area contributed by atoms with Gasteiger partial charge in [-0.05, 0) is 18.1 Å². The van der Waals surface area contributed by atoms with Gasteiger partial charge in [0, 0.05) is 17.7 Å². The molecule has 3 N–H and O–H groups in total. The molecule has 0 amide bonds. The van der Waals surface area contributed by atoms with Crippen LogP contribution in [0, 0.1) is 5.92 Å². The molecular formula is C18H20N6O4S. The van der Waals surface area contributed by atoms with Crippen LogP contribution in [0.1, 0.15) is 69.9 Å². The number of carboxylic acids is 2. The fourth-order valence-corrected chi connectivity index (χ4v) is 4.72. The van der Waals surface area contributed by atoms with E-state index in [9.17, 15) is 14.7 Å². The SMILES string of the molecule is O=C(O)c1n[nH]c(Cc2ccc(-n3c(CC4CCCCC4)nnc3C(=O)O)s2)n1. The molecule has 3 aromatic heterocycles. The molecule has 1 fully saturated rings. The monoisotopic (exact) mass is 416 g/mol. The zero-order valence-corrected chi connectivity index (χ0v) is 16.4. The summed E-state index contributed by atoms with van der Waals surface area (Å²) in [5, 5.41) is 33.5. The van der Waals surface area contributed by atoms with Crippen molar-refractivity contribution < 1.29 is 19.8 Å². The molecule has 3 heterocycles. The molecule has 0 aromatic carbocycles. The van der Waals surface area contributed by atoms with Gasteiger partial charge in [0.05, 0.1) is 0 Å². The summed E-state index contributed by atoms with van der Waals surface area (Å²) in [5.41, 5.74) is 0. The molecule has 1 saturated carbocycles. The molecular weight excluding hydrogens is 396 g/mol. The minimum absolute atomic E-state index is 0.1000.